The van der Waals surface area contributed by atoms with Crippen LogP contribution >= 0.6 is 0 Å². The van der Waals surface area contributed by atoms with Crippen molar-refractivity contribution in [2.75, 3.05) is 7.05 Å². The fourth-order valence-corrected chi connectivity index (χ4v) is 3.57. The topological polar surface area (TPSA) is 65.1 Å². The van der Waals surface area contributed by atoms with Crippen molar-refractivity contribution in [3.8, 4) is 0 Å². The van der Waals surface area contributed by atoms with Gasteiger partial charge in [-0.15, -0.1) is 0 Å². The van der Waals surface area contributed by atoms with Crippen LogP contribution in [0.25, 0.3) is 0 Å². The predicted molar refractivity (Wildman–Crippen MR) is 90.6 cm³/mol. The Labute approximate surface area is 147 Å². The number of hydrogen-bond donors (Lipinski definition) is 0. The van der Waals surface area contributed by atoms with Crippen LogP contribution in [0.3, 0.4) is 0 Å². The lowest BCUT2D eigenvalue weighted by Crippen LogP contribution is -2.64. The number of likely N-dealkylation sites (N-methyl/N-ethyl adjacent to an activating group) is 1. The van der Waals surface area contributed by atoms with Gasteiger partial charge in [0.05, 0.1) is 18.7 Å². The first kappa shape index (κ1) is 17.6. The number of nitrogens with zero attached hydrogens (tertiary/aromatic N) is 1. The highest BCUT2D eigenvalue weighted by Crippen LogP contribution is 2.35. The van der Waals surface area contributed by atoms with Gasteiger partial charge < -0.3 is 14.2 Å². The van der Waals surface area contributed by atoms with E-state index in [1.165, 1.54) is 13.8 Å². The van der Waals surface area contributed by atoms with Gasteiger partial charge in [-0.3, -0.25) is 14.5 Å². The first-order valence-electron chi connectivity index (χ1n) is 8.37. The highest BCUT2D eigenvalue weighted by atomic mass is 16.6. The fourth-order valence-electron chi connectivity index (χ4n) is 3.57. The Kier molecular flexibility index (Phi) is 5.20. The van der Waals surface area contributed by atoms with Crippen LogP contribution in [-0.4, -0.2) is 54.3 Å². The lowest BCUT2D eigenvalue weighted by molar-refractivity contribution is -0.200. The molecule has 1 aromatic rings. The molecule has 1 saturated heterocycles. The number of carbonyl (C=O) groups is 2. The van der Waals surface area contributed by atoms with E-state index in [-0.39, 0.29) is 24.0 Å². The highest BCUT2D eigenvalue weighted by molar-refractivity contribution is 5.67. The molecule has 0 aliphatic carbocycles. The van der Waals surface area contributed by atoms with Crippen molar-refractivity contribution in [3.05, 3.63) is 48.0 Å². The first-order valence-corrected chi connectivity index (χ1v) is 8.37. The van der Waals surface area contributed by atoms with Crippen molar-refractivity contribution >= 4 is 11.9 Å². The summed E-state index contributed by atoms with van der Waals surface area (Å²) in [6.07, 6.45) is 2.37. The van der Waals surface area contributed by atoms with Gasteiger partial charge >= 0.3 is 11.9 Å². The Balaban J connectivity index is 1.85. The van der Waals surface area contributed by atoms with Crippen LogP contribution in [0.1, 0.15) is 19.4 Å². The van der Waals surface area contributed by atoms with Gasteiger partial charge in [-0.1, -0.05) is 42.5 Å². The van der Waals surface area contributed by atoms with Crippen molar-refractivity contribution in [2.24, 2.45) is 0 Å². The molecule has 1 aromatic carbocycles. The molecular weight excluding hydrogens is 322 g/mol. The summed E-state index contributed by atoms with van der Waals surface area (Å²) in [6, 6.07) is 9.54. The van der Waals surface area contributed by atoms with E-state index >= 15 is 0 Å². The zero-order chi connectivity index (χ0) is 18.0. The number of esters is 2. The zero-order valence-corrected chi connectivity index (χ0v) is 14.6. The third-order valence-electron chi connectivity index (χ3n) is 4.66. The van der Waals surface area contributed by atoms with Gasteiger partial charge in [-0.25, -0.2) is 0 Å². The predicted octanol–water partition coefficient (Wildman–Crippen LogP) is 1.69. The molecule has 1 unspecified atom stereocenters. The summed E-state index contributed by atoms with van der Waals surface area (Å²) < 4.78 is 17.2. The Bertz CT molecular complexity index is 625. The number of rotatable bonds is 5. The van der Waals surface area contributed by atoms with Crippen molar-refractivity contribution in [1.82, 2.24) is 4.90 Å². The van der Waals surface area contributed by atoms with Gasteiger partial charge in [0.15, 0.2) is 12.2 Å². The molecule has 2 bridgehead atoms. The average Bonchev–Trinajstić information content (AvgIpc) is 2.86. The molecule has 0 radical (unpaired) electrons. The molecule has 6 nitrogen and oxygen atoms in total. The third kappa shape index (κ3) is 3.75. The molecule has 0 saturated carbocycles. The molecule has 3 rings (SSSR count). The minimum absolute atomic E-state index is 0.0959. The summed E-state index contributed by atoms with van der Waals surface area (Å²) in [6.45, 7) is 3.10. The Hall–Kier alpha value is -2.18. The molecule has 2 aliphatic heterocycles. The molecule has 2 heterocycles. The van der Waals surface area contributed by atoms with Gasteiger partial charge in [-0.2, -0.15) is 0 Å². The van der Waals surface area contributed by atoms with Crippen molar-refractivity contribution in [1.29, 1.82) is 0 Å². The molecule has 5 atom stereocenters. The molecule has 0 aromatic heterocycles. The third-order valence-corrected chi connectivity index (χ3v) is 4.66. The van der Waals surface area contributed by atoms with E-state index in [1.54, 1.807) is 0 Å². The Morgan fingerprint density at radius 2 is 1.44 bits per heavy atom. The van der Waals surface area contributed by atoms with Crippen LogP contribution in [0.2, 0.25) is 0 Å². The molecule has 1 fully saturated rings. The molecule has 2 aliphatic rings. The van der Waals surface area contributed by atoms with Crippen molar-refractivity contribution in [3.63, 3.8) is 0 Å². The summed E-state index contributed by atoms with van der Waals surface area (Å²) in [4.78, 5) is 25.3. The monoisotopic (exact) mass is 345 g/mol. The molecule has 134 valence electrons. The van der Waals surface area contributed by atoms with Gasteiger partial charge in [0.25, 0.3) is 0 Å². The quantitative estimate of drug-likeness (QED) is 0.598. The SMILES string of the molecule is CC(=O)O[C@@H]1C(OCc2ccccc2)[C@H](OC(C)=O)[C@@H]2C=C[C@H]1N2C. The normalized spacial score (nSPS) is 30.9. The van der Waals surface area contributed by atoms with Crippen molar-refractivity contribution in [2.45, 2.75) is 50.8 Å². The average molecular weight is 345 g/mol. The fraction of sp³-hybridized carbons (Fsp3) is 0.474. The van der Waals surface area contributed by atoms with Gasteiger partial charge in [-0.05, 0) is 12.6 Å². The molecular formula is C19H23NO5. The number of hydrogen-bond acceptors (Lipinski definition) is 6. The van der Waals surface area contributed by atoms with E-state index in [9.17, 15) is 9.59 Å². The van der Waals surface area contributed by atoms with Crippen LogP contribution in [0.4, 0.5) is 0 Å². The summed E-state index contributed by atoms with van der Waals surface area (Å²) in [5.74, 6) is -0.765. The maximum Gasteiger partial charge on any atom is 0.303 e. The van der Waals surface area contributed by atoms with Gasteiger partial charge in [0.1, 0.15) is 6.10 Å². The minimum atomic E-state index is -0.537. The zero-order valence-electron chi connectivity index (χ0n) is 14.6. The summed E-state index contributed by atoms with van der Waals surface area (Å²) >= 11 is 0. The van der Waals surface area contributed by atoms with Crippen molar-refractivity contribution < 1.29 is 23.8 Å². The second-order valence-corrected chi connectivity index (χ2v) is 6.44. The summed E-state index contributed by atoms with van der Waals surface area (Å²) in [7, 11) is 1.93. The second kappa shape index (κ2) is 7.37. The van der Waals surface area contributed by atoms with Crippen LogP contribution in [0, 0.1) is 0 Å². The van der Waals surface area contributed by atoms with Crippen LogP contribution in [0.5, 0.6) is 0 Å². The number of ether oxygens (including phenoxy) is 3. The van der Waals surface area contributed by atoms with Crippen LogP contribution in [0.15, 0.2) is 42.5 Å². The lowest BCUT2D eigenvalue weighted by atomic mass is 9.92. The standard InChI is InChI=1S/C19H23NO5/c1-12(21)24-17-15-9-10-16(20(15)3)18(25-13(2)22)19(17)23-11-14-7-5-4-6-8-14/h4-10,15-19H,11H2,1-3H3/t15-,16+,17+,18-,19?. The molecule has 0 N–H and O–H groups in total. The summed E-state index contributed by atoms with van der Waals surface area (Å²) in [5.41, 5.74) is 1.00. The van der Waals surface area contributed by atoms with E-state index < -0.39 is 18.3 Å². The van der Waals surface area contributed by atoms with E-state index in [4.69, 9.17) is 14.2 Å². The van der Waals surface area contributed by atoms with E-state index in [0.717, 1.165) is 5.56 Å². The molecule has 0 amide bonds. The van der Waals surface area contributed by atoms with E-state index in [0.29, 0.717) is 6.61 Å². The molecule has 6 heteroatoms. The lowest BCUT2D eigenvalue weighted by Gasteiger charge is -2.46. The largest absolute Gasteiger partial charge is 0.458 e. The minimum Gasteiger partial charge on any atom is -0.458 e. The van der Waals surface area contributed by atoms with Crippen LogP contribution in [-0.2, 0) is 30.4 Å². The smallest absolute Gasteiger partial charge is 0.303 e. The number of carbonyl (C=O) groups excluding carboxylic acids is 2. The van der Waals surface area contributed by atoms with E-state index in [1.807, 2.05) is 54.4 Å². The maximum atomic E-state index is 11.6. The molecule has 0 spiro atoms. The Morgan fingerprint density at radius 3 is 1.92 bits per heavy atom. The van der Waals surface area contributed by atoms with Crippen LogP contribution < -0.4 is 0 Å². The maximum absolute atomic E-state index is 11.6. The van der Waals surface area contributed by atoms with Gasteiger partial charge in [0.2, 0.25) is 0 Å². The Morgan fingerprint density at radius 1 is 0.920 bits per heavy atom. The first-order chi connectivity index (χ1) is 12.0. The number of piperidine rings is 1. The number of benzene rings is 1. The van der Waals surface area contributed by atoms with Gasteiger partial charge in [0, 0.05) is 13.8 Å². The second-order valence-electron chi connectivity index (χ2n) is 6.44. The summed E-state index contributed by atoms with van der Waals surface area (Å²) in [5, 5.41) is 0. The highest BCUT2D eigenvalue weighted by Gasteiger charge is 2.53. The molecule has 25 heavy (non-hydrogen) atoms. The van der Waals surface area contributed by atoms with E-state index in [2.05, 4.69) is 0 Å². The number of fused-ring (bicyclic) bond motifs is 2.